The van der Waals surface area contributed by atoms with Gasteiger partial charge in [0.1, 0.15) is 5.82 Å². The molecule has 126 valence electrons. The van der Waals surface area contributed by atoms with Gasteiger partial charge in [0.05, 0.1) is 5.54 Å². The van der Waals surface area contributed by atoms with Crippen molar-refractivity contribution >= 4 is 11.9 Å². The lowest BCUT2D eigenvalue weighted by molar-refractivity contribution is 0.566. The molecule has 2 nitrogen and oxygen atoms in total. The molecule has 24 heavy (non-hydrogen) atoms. The lowest BCUT2D eigenvalue weighted by Crippen LogP contribution is -2.43. The molecule has 3 rings (SSSR count). The lowest BCUT2D eigenvalue weighted by atomic mass is 9.81. The van der Waals surface area contributed by atoms with Gasteiger partial charge < -0.3 is 4.90 Å². The predicted molar refractivity (Wildman–Crippen MR) is 104 cm³/mol. The fourth-order valence-electron chi connectivity index (χ4n) is 3.83. The van der Waals surface area contributed by atoms with E-state index < -0.39 is 0 Å². The summed E-state index contributed by atoms with van der Waals surface area (Å²) in [6, 6.07) is 6.73. The van der Waals surface area contributed by atoms with Crippen LogP contribution in [0.2, 0.25) is 0 Å². The van der Waals surface area contributed by atoms with Gasteiger partial charge in [-0.1, -0.05) is 43.7 Å². The summed E-state index contributed by atoms with van der Waals surface area (Å²) in [5.74, 6) is 1.57. The zero-order chi connectivity index (χ0) is 17.6. The van der Waals surface area contributed by atoms with E-state index in [2.05, 4.69) is 83.8 Å². The molecule has 1 aromatic heterocycles. The highest BCUT2D eigenvalue weighted by Crippen LogP contribution is 2.42. The minimum absolute atomic E-state index is 0.184. The molecule has 0 spiro atoms. The highest BCUT2D eigenvalue weighted by Gasteiger charge is 2.35. The van der Waals surface area contributed by atoms with Gasteiger partial charge >= 0.3 is 0 Å². The zero-order valence-corrected chi connectivity index (χ0v) is 15.9. The van der Waals surface area contributed by atoms with Crippen molar-refractivity contribution < 1.29 is 0 Å². The first-order chi connectivity index (χ1) is 11.3. The number of pyridine rings is 1. The van der Waals surface area contributed by atoms with Gasteiger partial charge in [0.2, 0.25) is 0 Å². The maximum atomic E-state index is 4.71. The molecule has 0 fully saturated rings. The van der Waals surface area contributed by atoms with Gasteiger partial charge in [0, 0.05) is 18.8 Å². The van der Waals surface area contributed by atoms with Crippen molar-refractivity contribution in [2.24, 2.45) is 0 Å². The maximum absolute atomic E-state index is 4.71. The monoisotopic (exact) mass is 320 g/mol. The second-order valence-electron chi connectivity index (χ2n) is 7.59. The number of benzene rings is 1. The molecule has 0 aliphatic carbocycles. The van der Waals surface area contributed by atoms with E-state index in [1.54, 1.807) is 0 Å². The quantitative estimate of drug-likeness (QED) is 0.725. The van der Waals surface area contributed by atoms with Crippen LogP contribution in [0.15, 0.2) is 30.5 Å². The Bertz CT molecular complexity index is 817. The van der Waals surface area contributed by atoms with Crippen LogP contribution in [0.25, 0.3) is 6.08 Å². The molecule has 0 amide bonds. The number of aryl methyl sites for hydroxylation is 2. The van der Waals surface area contributed by atoms with Crippen molar-refractivity contribution in [3.05, 3.63) is 63.9 Å². The van der Waals surface area contributed by atoms with Crippen LogP contribution in [0.4, 0.5) is 5.82 Å². The minimum Gasteiger partial charge on any atom is -0.346 e. The van der Waals surface area contributed by atoms with Crippen molar-refractivity contribution in [3.8, 4) is 0 Å². The van der Waals surface area contributed by atoms with Crippen LogP contribution >= 0.6 is 0 Å². The number of fused-ring (bicyclic) bond motifs is 1. The second kappa shape index (κ2) is 5.77. The first-order valence-electron chi connectivity index (χ1n) is 8.76. The molecule has 0 N–H and O–H groups in total. The van der Waals surface area contributed by atoms with Crippen LogP contribution < -0.4 is 4.90 Å². The van der Waals surface area contributed by atoms with Crippen LogP contribution in [0.1, 0.15) is 60.1 Å². The van der Waals surface area contributed by atoms with Crippen LogP contribution in [0.5, 0.6) is 0 Å². The third-order valence-electron chi connectivity index (χ3n) is 5.57. The number of anilines is 1. The summed E-state index contributed by atoms with van der Waals surface area (Å²) in [6.45, 7) is 13.4. The summed E-state index contributed by atoms with van der Waals surface area (Å²) in [5.41, 5.74) is 7.82. The van der Waals surface area contributed by atoms with Crippen molar-refractivity contribution in [2.75, 3.05) is 11.9 Å². The predicted octanol–water partition coefficient (Wildman–Crippen LogP) is 5.51. The summed E-state index contributed by atoms with van der Waals surface area (Å²) in [6.07, 6.45) is 6.55. The smallest absolute Gasteiger partial charge is 0.136 e. The SMILES string of the molecule is Cc1cc(C)c(C)c(C2(C)C=Cc3c(C(C)C)ccnc3N2C)c1. The molecule has 1 aliphatic rings. The van der Waals surface area contributed by atoms with Gasteiger partial charge in [-0.25, -0.2) is 4.98 Å². The van der Waals surface area contributed by atoms with E-state index in [-0.39, 0.29) is 5.54 Å². The maximum Gasteiger partial charge on any atom is 0.136 e. The van der Waals surface area contributed by atoms with E-state index in [9.17, 15) is 0 Å². The van der Waals surface area contributed by atoms with E-state index in [0.29, 0.717) is 5.92 Å². The Labute approximate surface area is 146 Å². The molecule has 0 radical (unpaired) electrons. The van der Waals surface area contributed by atoms with Gasteiger partial charge in [0.15, 0.2) is 0 Å². The van der Waals surface area contributed by atoms with Gasteiger partial charge in [-0.2, -0.15) is 0 Å². The van der Waals surface area contributed by atoms with Crippen LogP contribution in [-0.2, 0) is 5.54 Å². The molecule has 0 bridgehead atoms. The molecule has 1 aromatic carbocycles. The van der Waals surface area contributed by atoms with Gasteiger partial charge in [-0.3, -0.25) is 0 Å². The number of rotatable bonds is 2. The fraction of sp³-hybridized carbons (Fsp3) is 0.409. The molecular weight excluding hydrogens is 292 g/mol. The van der Waals surface area contributed by atoms with Crippen molar-refractivity contribution in [1.82, 2.24) is 4.98 Å². The minimum atomic E-state index is -0.184. The Morgan fingerprint density at radius 1 is 1.12 bits per heavy atom. The molecule has 1 aliphatic heterocycles. The summed E-state index contributed by atoms with van der Waals surface area (Å²) in [4.78, 5) is 7.04. The molecule has 1 atom stereocenters. The second-order valence-corrected chi connectivity index (χ2v) is 7.59. The molecule has 1 unspecified atom stereocenters. The molecule has 2 heterocycles. The highest BCUT2D eigenvalue weighted by atomic mass is 15.2. The average Bonchev–Trinajstić information content (AvgIpc) is 2.54. The summed E-state index contributed by atoms with van der Waals surface area (Å²) < 4.78 is 0. The number of hydrogen-bond acceptors (Lipinski definition) is 2. The first kappa shape index (κ1) is 16.8. The zero-order valence-electron chi connectivity index (χ0n) is 15.9. The third kappa shape index (κ3) is 2.45. The summed E-state index contributed by atoms with van der Waals surface area (Å²) in [7, 11) is 2.16. The summed E-state index contributed by atoms with van der Waals surface area (Å²) in [5, 5.41) is 0. The Hall–Kier alpha value is -2.09. The van der Waals surface area contributed by atoms with E-state index >= 15 is 0 Å². The molecule has 0 saturated heterocycles. The number of nitrogens with zero attached hydrogens (tertiary/aromatic N) is 2. The fourth-order valence-corrected chi connectivity index (χ4v) is 3.83. The van der Waals surface area contributed by atoms with Gasteiger partial charge in [-0.05, 0) is 61.9 Å². The molecule has 0 saturated carbocycles. The normalized spacial score (nSPS) is 19.8. The Morgan fingerprint density at radius 3 is 2.50 bits per heavy atom. The Kier molecular flexibility index (Phi) is 4.03. The Balaban J connectivity index is 2.19. The number of aromatic nitrogens is 1. The van der Waals surface area contributed by atoms with Crippen molar-refractivity contribution in [1.29, 1.82) is 0 Å². The largest absolute Gasteiger partial charge is 0.346 e. The van der Waals surface area contributed by atoms with E-state index in [4.69, 9.17) is 4.98 Å². The Morgan fingerprint density at radius 2 is 1.83 bits per heavy atom. The first-order valence-corrected chi connectivity index (χ1v) is 8.76. The summed E-state index contributed by atoms with van der Waals surface area (Å²) >= 11 is 0. The molecule has 2 heteroatoms. The van der Waals surface area contributed by atoms with E-state index in [0.717, 1.165) is 5.82 Å². The van der Waals surface area contributed by atoms with Crippen LogP contribution in [0.3, 0.4) is 0 Å². The molecular formula is C22H28N2. The van der Waals surface area contributed by atoms with Crippen LogP contribution in [0, 0.1) is 20.8 Å². The van der Waals surface area contributed by atoms with Crippen LogP contribution in [-0.4, -0.2) is 12.0 Å². The van der Waals surface area contributed by atoms with Crippen molar-refractivity contribution in [2.45, 2.75) is 53.0 Å². The van der Waals surface area contributed by atoms with Crippen molar-refractivity contribution in [3.63, 3.8) is 0 Å². The van der Waals surface area contributed by atoms with Gasteiger partial charge in [-0.15, -0.1) is 0 Å². The van der Waals surface area contributed by atoms with Gasteiger partial charge in [0.25, 0.3) is 0 Å². The third-order valence-corrected chi connectivity index (χ3v) is 5.57. The average molecular weight is 320 g/mol. The molecule has 2 aromatic rings. The van der Waals surface area contributed by atoms with E-state index in [1.807, 2.05) is 6.20 Å². The standard InChI is InChI=1S/C22H28N2/c1-14(2)18-9-11-23-21-19(18)8-10-22(6,24(21)7)20-13-15(3)12-16(4)17(20)5/h8-14H,1-7H3. The topological polar surface area (TPSA) is 16.1 Å². The lowest BCUT2D eigenvalue weighted by Gasteiger charge is -2.43. The number of hydrogen-bond donors (Lipinski definition) is 0. The number of likely N-dealkylation sites (N-methyl/N-ethyl adjacent to an activating group) is 1. The van der Waals surface area contributed by atoms with E-state index in [1.165, 1.54) is 33.4 Å². The highest BCUT2D eigenvalue weighted by molar-refractivity contribution is 5.74.